The first kappa shape index (κ1) is 17.9. The molecule has 28 heavy (non-hydrogen) atoms. The van der Waals surface area contributed by atoms with Crippen LogP contribution in [0.5, 0.6) is 0 Å². The molecule has 0 bridgehead atoms. The van der Waals surface area contributed by atoms with Gasteiger partial charge < -0.3 is 5.32 Å². The van der Waals surface area contributed by atoms with Gasteiger partial charge >= 0.3 is 0 Å². The maximum Gasteiger partial charge on any atom is 0.270 e. The lowest BCUT2D eigenvalue weighted by molar-refractivity contribution is -0.384. The molecule has 142 valence electrons. The number of hydrogen-bond acceptors (Lipinski definition) is 4. The first-order chi connectivity index (χ1) is 13.6. The predicted molar refractivity (Wildman–Crippen MR) is 104 cm³/mol. The van der Waals surface area contributed by atoms with E-state index in [1.54, 1.807) is 6.07 Å². The summed E-state index contributed by atoms with van der Waals surface area (Å²) in [5.41, 5.74) is 3.54. The van der Waals surface area contributed by atoms with Crippen LogP contribution in [0, 0.1) is 10.1 Å². The van der Waals surface area contributed by atoms with Crippen LogP contribution in [0.25, 0.3) is 0 Å². The summed E-state index contributed by atoms with van der Waals surface area (Å²) in [6.07, 6.45) is 4.53. The molecule has 0 saturated heterocycles. The molecule has 1 aliphatic rings. The fourth-order valence-corrected chi connectivity index (χ4v) is 3.66. The number of amides is 1. The highest BCUT2D eigenvalue weighted by atomic mass is 16.6. The number of carbonyl (C=O) groups is 1. The minimum Gasteiger partial charge on any atom is -0.345 e. The number of non-ortho nitro benzene ring substituents is 1. The second-order valence-corrected chi connectivity index (χ2v) is 6.92. The van der Waals surface area contributed by atoms with Crippen LogP contribution in [-0.2, 0) is 13.0 Å². The maximum absolute atomic E-state index is 12.6. The average molecular weight is 376 g/mol. The Morgan fingerprint density at radius 3 is 2.82 bits per heavy atom. The number of carbonyl (C=O) groups excluding carboxylic acids is 1. The highest BCUT2D eigenvalue weighted by molar-refractivity contribution is 5.95. The van der Waals surface area contributed by atoms with E-state index in [4.69, 9.17) is 0 Å². The molecular weight excluding hydrogens is 356 g/mol. The molecule has 7 nitrogen and oxygen atoms in total. The molecule has 1 N–H and O–H groups in total. The van der Waals surface area contributed by atoms with Crippen molar-refractivity contribution in [2.24, 2.45) is 0 Å². The monoisotopic (exact) mass is 376 g/mol. The van der Waals surface area contributed by atoms with Crippen LogP contribution in [0.3, 0.4) is 0 Å². The van der Waals surface area contributed by atoms with Crippen LogP contribution in [0.1, 0.15) is 46.1 Å². The Bertz CT molecular complexity index is 1010. The third kappa shape index (κ3) is 3.64. The van der Waals surface area contributed by atoms with Crippen molar-refractivity contribution in [3.8, 4) is 0 Å². The molecule has 1 heterocycles. The topological polar surface area (TPSA) is 90.1 Å². The van der Waals surface area contributed by atoms with E-state index in [0.29, 0.717) is 6.54 Å². The number of hydrogen-bond donors (Lipinski definition) is 1. The molecule has 0 aliphatic heterocycles. The third-order valence-electron chi connectivity index (χ3n) is 5.06. The zero-order chi connectivity index (χ0) is 19.5. The van der Waals surface area contributed by atoms with Gasteiger partial charge in [-0.05, 0) is 30.9 Å². The van der Waals surface area contributed by atoms with Gasteiger partial charge in [0.15, 0.2) is 0 Å². The van der Waals surface area contributed by atoms with E-state index in [1.165, 1.54) is 23.8 Å². The summed E-state index contributed by atoms with van der Waals surface area (Å²) in [6.45, 7) is 0.696. The fraction of sp³-hybridized carbons (Fsp3) is 0.238. The number of nitro groups is 1. The van der Waals surface area contributed by atoms with E-state index < -0.39 is 4.92 Å². The Morgan fingerprint density at radius 2 is 2.04 bits per heavy atom. The normalized spacial score (nSPS) is 15.6. The summed E-state index contributed by atoms with van der Waals surface area (Å²) in [4.78, 5) is 23.1. The zero-order valence-electron chi connectivity index (χ0n) is 15.2. The van der Waals surface area contributed by atoms with Crippen LogP contribution < -0.4 is 5.32 Å². The first-order valence-corrected chi connectivity index (χ1v) is 9.25. The second-order valence-electron chi connectivity index (χ2n) is 6.92. The molecule has 0 radical (unpaired) electrons. The highest BCUT2D eigenvalue weighted by Gasteiger charge is 2.26. The lowest BCUT2D eigenvalue weighted by atomic mass is 9.92. The number of aromatic nitrogens is 2. The van der Waals surface area contributed by atoms with E-state index in [1.807, 2.05) is 29.1 Å². The van der Waals surface area contributed by atoms with Crippen molar-refractivity contribution in [1.82, 2.24) is 15.1 Å². The molecule has 7 heteroatoms. The number of fused-ring (bicyclic) bond motifs is 1. The van der Waals surface area contributed by atoms with Crippen molar-refractivity contribution in [2.75, 3.05) is 0 Å². The van der Waals surface area contributed by atoms with Gasteiger partial charge in [-0.2, -0.15) is 5.10 Å². The summed E-state index contributed by atoms with van der Waals surface area (Å²) in [5, 5.41) is 18.5. The van der Waals surface area contributed by atoms with Crippen molar-refractivity contribution in [3.05, 3.63) is 93.3 Å². The summed E-state index contributed by atoms with van der Waals surface area (Å²) >= 11 is 0. The van der Waals surface area contributed by atoms with Crippen LogP contribution in [0.4, 0.5) is 5.69 Å². The van der Waals surface area contributed by atoms with E-state index >= 15 is 0 Å². The molecule has 0 spiro atoms. The van der Waals surface area contributed by atoms with Crippen LogP contribution in [-0.4, -0.2) is 20.6 Å². The Hall–Kier alpha value is -3.48. The van der Waals surface area contributed by atoms with E-state index in [0.717, 1.165) is 30.5 Å². The molecule has 1 amide bonds. The van der Waals surface area contributed by atoms with Crippen LogP contribution in [0.2, 0.25) is 0 Å². The minimum absolute atomic E-state index is 0.0901. The van der Waals surface area contributed by atoms with Gasteiger partial charge in [0.2, 0.25) is 0 Å². The van der Waals surface area contributed by atoms with Crippen molar-refractivity contribution in [1.29, 1.82) is 0 Å². The Kier molecular flexibility index (Phi) is 4.89. The lowest BCUT2D eigenvalue weighted by Crippen LogP contribution is -2.31. The maximum atomic E-state index is 12.6. The summed E-state index contributed by atoms with van der Waals surface area (Å²) in [6, 6.07) is 15.8. The molecule has 1 aromatic heterocycles. The van der Waals surface area contributed by atoms with E-state index in [9.17, 15) is 14.9 Å². The van der Waals surface area contributed by atoms with Crippen molar-refractivity contribution < 1.29 is 9.72 Å². The summed E-state index contributed by atoms with van der Waals surface area (Å²) in [7, 11) is 0. The minimum atomic E-state index is -0.497. The van der Waals surface area contributed by atoms with Crippen LogP contribution >= 0.6 is 0 Å². The zero-order valence-corrected chi connectivity index (χ0v) is 15.2. The van der Waals surface area contributed by atoms with Gasteiger partial charge in [-0.1, -0.05) is 36.4 Å². The number of nitrogens with one attached hydrogen (secondary N) is 1. The summed E-state index contributed by atoms with van der Waals surface area (Å²) in [5.74, 6) is -0.308. The van der Waals surface area contributed by atoms with Gasteiger partial charge in [0.1, 0.15) is 0 Å². The van der Waals surface area contributed by atoms with Gasteiger partial charge in [0, 0.05) is 29.0 Å². The molecule has 1 aliphatic carbocycles. The SMILES string of the molecule is O=C(N[C@H]1CCCc2c1cnn2Cc1ccccc1)c1cccc([N+](=O)[O-])c1. The lowest BCUT2D eigenvalue weighted by Gasteiger charge is -2.24. The van der Waals surface area contributed by atoms with Gasteiger partial charge in [-0.15, -0.1) is 0 Å². The molecule has 4 rings (SSSR count). The number of rotatable bonds is 5. The molecule has 0 unspecified atom stereocenters. The summed E-state index contributed by atoms with van der Waals surface area (Å²) < 4.78 is 2.00. The van der Waals surface area contributed by atoms with Crippen LogP contribution in [0.15, 0.2) is 60.8 Å². The number of nitro benzene ring substituents is 1. The molecule has 0 saturated carbocycles. The van der Waals surface area contributed by atoms with Gasteiger partial charge in [-0.3, -0.25) is 19.6 Å². The number of nitrogens with zero attached hydrogens (tertiary/aromatic N) is 3. The van der Waals surface area contributed by atoms with Crippen molar-refractivity contribution in [2.45, 2.75) is 31.8 Å². The average Bonchev–Trinajstić information content (AvgIpc) is 3.13. The quantitative estimate of drug-likeness (QED) is 0.544. The Balaban J connectivity index is 1.53. The highest BCUT2D eigenvalue weighted by Crippen LogP contribution is 2.30. The van der Waals surface area contributed by atoms with Gasteiger partial charge in [0.25, 0.3) is 11.6 Å². The first-order valence-electron chi connectivity index (χ1n) is 9.25. The van der Waals surface area contributed by atoms with E-state index in [2.05, 4.69) is 22.5 Å². The molecule has 0 fully saturated rings. The van der Waals surface area contributed by atoms with Gasteiger partial charge in [-0.25, -0.2) is 0 Å². The smallest absolute Gasteiger partial charge is 0.270 e. The Morgan fingerprint density at radius 1 is 1.21 bits per heavy atom. The molecular formula is C21H20N4O3. The third-order valence-corrected chi connectivity index (χ3v) is 5.06. The van der Waals surface area contributed by atoms with Gasteiger partial charge in [0.05, 0.1) is 23.7 Å². The molecule has 1 atom stereocenters. The van der Waals surface area contributed by atoms with E-state index in [-0.39, 0.29) is 23.2 Å². The molecule has 2 aromatic carbocycles. The van der Waals surface area contributed by atoms with Crippen molar-refractivity contribution >= 4 is 11.6 Å². The standard InChI is InChI=1S/C21H20N4O3/c26-21(16-8-4-9-17(12-16)25(27)28)23-19-10-5-11-20-18(19)13-22-24(20)14-15-6-2-1-3-7-15/h1-4,6-9,12-13,19H,5,10-11,14H2,(H,23,26)/t19-/m0/s1. The Labute approximate surface area is 162 Å². The largest absolute Gasteiger partial charge is 0.345 e. The fourth-order valence-electron chi connectivity index (χ4n) is 3.66. The predicted octanol–water partition coefficient (Wildman–Crippen LogP) is 3.65. The number of benzene rings is 2. The van der Waals surface area contributed by atoms with Crippen molar-refractivity contribution in [3.63, 3.8) is 0 Å². The molecule has 3 aromatic rings. The second kappa shape index (κ2) is 7.64.